The third kappa shape index (κ3) is 3.15. The lowest BCUT2D eigenvalue weighted by molar-refractivity contribution is 0.167. The quantitative estimate of drug-likeness (QED) is 0.928. The van der Waals surface area contributed by atoms with E-state index in [0.29, 0.717) is 0 Å². The zero-order valence-corrected chi connectivity index (χ0v) is 14.4. The second-order valence-corrected chi connectivity index (χ2v) is 8.14. The van der Waals surface area contributed by atoms with Gasteiger partial charge in [0.1, 0.15) is 0 Å². The highest BCUT2D eigenvalue weighted by atomic mass is 32.2. The Hall–Kier alpha value is -1.95. The van der Waals surface area contributed by atoms with Crippen LogP contribution in [0.4, 0.5) is 0 Å². The minimum Gasteiger partial charge on any atom is -0.391 e. The summed E-state index contributed by atoms with van der Waals surface area (Å²) in [5.41, 5.74) is 2.70. The second-order valence-electron chi connectivity index (χ2n) is 6.20. The van der Waals surface area contributed by atoms with Gasteiger partial charge in [-0.3, -0.25) is 0 Å². The van der Waals surface area contributed by atoms with Crippen LogP contribution in [0, 0.1) is 12.8 Å². The van der Waals surface area contributed by atoms with Crippen LogP contribution in [0.1, 0.15) is 11.1 Å². The third-order valence-electron chi connectivity index (χ3n) is 4.51. The average molecular weight is 343 g/mol. The Morgan fingerprint density at radius 1 is 1.08 bits per heavy atom. The monoisotopic (exact) mass is 343 g/mol. The normalized spacial score (nSPS) is 21.8. The summed E-state index contributed by atoms with van der Waals surface area (Å²) in [5, 5.41) is 10.4. The molecule has 1 fully saturated rings. The maximum atomic E-state index is 12.8. The first-order valence-corrected chi connectivity index (χ1v) is 9.32. The van der Waals surface area contributed by atoms with Crippen LogP contribution < -0.4 is 0 Å². The van der Waals surface area contributed by atoms with E-state index >= 15 is 0 Å². The summed E-state index contributed by atoms with van der Waals surface area (Å²) in [6.45, 7) is 6.32. The van der Waals surface area contributed by atoms with Crippen LogP contribution in [-0.2, 0) is 10.0 Å². The minimum absolute atomic E-state index is 0.0900. The van der Waals surface area contributed by atoms with Crippen molar-refractivity contribution < 1.29 is 13.5 Å². The number of benzene rings is 2. The van der Waals surface area contributed by atoms with E-state index in [4.69, 9.17) is 0 Å². The number of hydrogen-bond acceptors (Lipinski definition) is 3. The summed E-state index contributed by atoms with van der Waals surface area (Å²) < 4.78 is 26.9. The molecular weight excluding hydrogens is 322 g/mol. The molecule has 2 aromatic rings. The van der Waals surface area contributed by atoms with E-state index in [1.807, 2.05) is 37.3 Å². The molecule has 1 N–H and O–H groups in total. The van der Waals surface area contributed by atoms with E-state index in [0.717, 1.165) is 16.7 Å². The number of β-amino-alcohol motifs (C(OH)–C–C–N with tert-alkyl or cyclic N) is 1. The number of rotatable bonds is 4. The van der Waals surface area contributed by atoms with Crippen molar-refractivity contribution in [3.05, 3.63) is 72.3 Å². The number of sulfonamides is 1. The molecule has 5 heteroatoms. The molecule has 3 rings (SSSR count). The molecule has 0 aliphatic carbocycles. The van der Waals surface area contributed by atoms with Gasteiger partial charge in [-0.05, 0) is 30.2 Å². The van der Waals surface area contributed by atoms with Gasteiger partial charge >= 0.3 is 0 Å². The highest BCUT2D eigenvalue weighted by molar-refractivity contribution is 7.89. The predicted octanol–water partition coefficient (Wildman–Crippen LogP) is 2.69. The lowest BCUT2D eigenvalue weighted by Gasteiger charge is -2.18. The van der Waals surface area contributed by atoms with E-state index in [-0.39, 0.29) is 23.9 Å². The Balaban J connectivity index is 1.83. The van der Waals surface area contributed by atoms with Gasteiger partial charge < -0.3 is 5.11 Å². The summed E-state index contributed by atoms with van der Waals surface area (Å²) in [6, 6.07) is 16.3. The molecule has 4 nitrogen and oxygen atoms in total. The summed E-state index contributed by atoms with van der Waals surface area (Å²) in [7, 11) is -3.60. The average Bonchev–Trinajstić information content (AvgIpc) is 2.98. The van der Waals surface area contributed by atoms with Gasteiger partial charge in [0.2, 0.25) is 10.0 Å². The van der Waals surface area contributed by atoms with Gasteiger partial charge in [-0.25, -0.2) is 8.42 Å². The fourth-order valence-electron chi connectivity index (χ4n) is 3.02. The fraction of sp³-hybridized carbons (Fsp3) is 0.263. The highest BCUT2D eigenvalue weighted by Gasteiger charge is 2.39. The molecule has 1 heterocycles. The molecule has 2 aromatic carbocycles. The Kier molecular flexibility index (Phi) is 4.58. The van der Waals surface area contributed by atoms with Crippen LogP contribution >= 0.6 is 0 Å². The third-order valence-corrected chi connectivity index (χ3v) is 6.35. The molecule has 0 bridgehead atoms. The number of nitrogens with zero attached hydrogens (tertiary/aromatic N) is 1. The van der Waals surface area contributed by atoms with Crippen LogP contribution in [0.25, 0.3) is 5.57 Å². The van der Waals surface area contributed by atoms with Crippen LogP contribution in [0.3, 0.4) is 0 Å². The van der Waals surface area contributed by atoms with Crippen LogP contribution in [0.15, 0.2) is 66.1 Å². The lowest BCUT2D eigenvalue weighted by Crippen LogP contribution is -2.29. The Morgan fingerprint density at radius 3 is 2.33 bits per heavy atom. The maximum absolute atomic E-state index is 12.8. The largest absolute Gasteiger partial charge is 0.391 e. The molecule has 2 atom stereocenters. The second kappa shape index (κ2) is 6.51. The molecule has 1 aliphatic rings. The van der Waals surface area contributed by atoms with Crippen molar-refractivity contribution in [3.63, 3.8) is 0 Å². The molecule has 0 spiro atoms. The summed E-state index contributed by atoms with van der Waals surface area (Å²) >= 11 is 0. The van der Waals surface area contributed by atoms with Crippen LogP contribution in [0.5, 0.6) is 0 Å². The van der Waals surface area contributed by atoms with E-state index in [1.54, 1.807) is 24.3 Å². The molecule has 0 amide bonds. The van der Waals surface area contributed by atoms with Gasteiger partial charge in [0, 0.05) is 19.0 Å². The van der Waals surface area contributed by atoms with Gasteiger partial charge in [0.25, 0.3) is 0 Å². The molecular formula is C19H21NO3S. The van der Waals surface area contributed by atoms with Crippen LogP contribution in [0.2, 0.25) is 0 Å². The van der Waals surface area contributed by atoms with Crippen molar-refractivity contribution in [1.82, 2.24) is 4.31 Å². The molecule has 1 aliphatic heterocycles. The van der Waals surface area contributed by atoms with Gasteiger partial charge in [0.05, 0.1) is 11.0 Å². The van der Waals surface area contributed by atoms with E-state index < -0.39 is 16.1 Å². The Morgan fingerprint density at radius 2 is 1.71 bits per heavy atom. The van der Waals surface area contributed by atoms with Crippen molar-refractivity contribution >= 4 is 15.6 Å². The Labute approximate surface area is 143 Å². The first kappa shape index (κ1) is 16.9. The first-order chi connectivity index (χ1) is 11.4. The summed E-state index contributed by atoms with van der Waals surface area (Å²) in [5.74, 6) is -0.298. The Bertz CT molecular complexity index is 829. The highest BCUT2D eigenvalue weighted by Crippen LogP contribution is 2.33. The molecule has 0 saturated carbocycles. The van der Waals surface area contributed by atoms with Crippen molar-refractivity contribution in [2.75, 3.05) is 13.1 Å². The van der Waals surface area contributed by atoms with E-state index in [2.05, 4.69) is 6.58 Å². The first-order valence-electron chi connectivity index (χ1n) is 7.88. The maximum Gasteiger partial charge on any atom is 0.243 e. The molecule has 0 radical (unpaired) electrons. The van der Waals surface area contributed by atoms with Gasteiger partial charge in [-0.15, -0.1) is 0 Å². The topological polar surface area (TPSA) is 57.6 Å². The van der Waals surface area contributed by atoms with Gasteiger partial charge in [0.15, 0.2) is 0 Å². The smallest absolute Gasteiger partial charge is 0.243 e. The fourth-order valence-corrected chi connectivity index (χ4v) is 4.50. The van der Waals surface area contributed by atoms with Crippen molar-refractivity contribution in [2.45, 2.75) is 17.9 Å². The molecule has 126 valence electrons. The van der Waals surface area contributed by atoms with Gasteiger partial charge in [-0.2, -0.15) is 4.31 Å². The standard InChI is InChI=1S/C19H21NO3S/c1-14-8-10-17(11-9-14)24(22,23)20-12-18(19(21)13-20)15(2)16-6-4-3-5-7-16/h3-11,18-19,21H,2,12-13H2,1H3/t18-,19-/m1/s1. The minimum atomic E-state index is -3.60. The summed E-state index contributed by atoms with van der Waals surface area (Å²) in [4.78, 5) is 0.256. The van der Waals surface area contributed by atoms with Crippen molar-refractivity contribution in [2.24, 2.45) is 5.92 Å². The summed E-state index contributed by atoms with van der Waals surface area (Å²) in [6.07, 6.45) is -0.752. The lowest BCUT2D eigenvalue weighted by atomic mass is 9.92. The number of aliphatic hydroxyl groups excluding tert-OH is 1. The molecule has 1 saturated heterocycles. The van der Waals surface area contributed by atoms with E-state index in [1.165, 1.54) is 4.31 Å². The van der Waals surface area contributed by atoms with E-state index in [9.17, 15) is 13.5 Å². The number of aliphatic hydroxyl groups is 1. The van der Waals surface area contributed by atoms with Gasteiger partial charge in [-0.1, -0.05) is 54.6 Å². The van der Waals surface area contributed by atoms with Crippen molar-refractivity contribution in [1.29, 1.82) is 0 Å². The molecule has 0 aromatic heterocycles. The SMILES string of the molecule is C=C(c1ccccc1)[C@H]1CN(S(=O)(=O)c2ccc(C)cc2)C[C@H]1O. The van der Waals surface area contributed by atoms with Crippen molar-refractivity contribution in [3.8, 4) is 0 Å². The predicted molar refractivity (Wildman–Crippen MR) is 94.9 cm³/mol. The zero-order chi connectivity index (χ0) is 17.3. The zero-order valence-electron chi connectivity index (χ0n) is 13.6. The number of hydrogen-bond donors (Lipinski definition) is 1. The van der Waals surface area contributed by atoms with Crippen LogP contribution in [-0.4, -0.2) is 37.0 Å². The molecule has 0 unspecified atom stereocenters. The molecule has 24 heavy (non-hydrogen) atoms. The number of aryl methyl sites for hydroxylation is 1.